The quantitative estimate of drug-likeness (QED) is 0.336. The second-order valence-corrected chi connectivity index (χ2v) is 1.76. The Labute approximate surface area is 58.9 Å². The minimum Gasteiger partial charge on any atom is -0.391 e. The maximum absolute atomic E-state index is 10.4. The maximum atomic E-state index is 10.4. The third-order valence-electron chi connectivity index (χ3n) is 0.849. The van der Waals surface area contributed by atoms with Crippen molar-refractivity contribution in [2.45, 2.75) is 13.0 Å². The molecule has 1 N–H and O–H groups in total. The summed E-state index contributed by atoms with van der Waals surface area (Å²) in [6, 6.07) is 0. The molecule has 0 bridgehead atoms. The molecule has 0 aromatic rings. The molecule has 1 atom stereocenters. The van der Waals surface area contributed by atoms with Crippen LogP contribution in [0.3, 0.4) is 0 Å². The fraction of sp³-hybridized carbons (Fsp3) is 0.400. The van der Waals surface area contributed by atoms with Crippen molar-refractivity contribution in [3.05, 3.63) is 12.2 Å². The minimum atomic E-state index is -0.871. The van der Waals surface area contributed by atoms with Crippen LogP contribution in [0.5, 0.6) is 0 Å². The van der Waals surface area contributed by atoms with Crippen LogP contribution >= 0.6 is 12.9 Å². The predicted molar refractivity (Wildman–Crippen MR) is 35.9 cm³/mol. The Kier molecular flexibility index (Phi) is 3.34. The van der Waals surface area contributed by atoms with Crippen LogP contribution in [0.15, 0.2) is 12.2 Å². The van der Waals surface area contributed by atoms with Crippen molar-refractivity contribution in [1.29, 1.82) is 0 Å². The van der Waals surface area contributed by atoms with Gasteiger partial charge in [0.15, 0.2) is 0 Å². The molecule has 4 heteroatoms. The van der Waals surface area contributed by atoms with E-state index in [0.29, 0.717) is 0 Å². The molecule has 52 valence electrons. The van der Waals surface area contributed by atoms with E-state index in [1.54, 1.807) is 0 Å². The van der Waals surface area contributed by atoms with Gasteiger partial charge in [0.05, 0.1) is 11.7 Å². The number of carbonyl (C=O) groups is 1. The molecule has 0 rings (SSSR count). The van der Waals surface area contributed by atoms with Gasteiger partial charge in [-0.1, -0.05) is 6.58 Å². The molecule has 0 spiro atoms. The topological polar surface area (TPSA) is 46.5 Å². The average Bonchev–Trinajstić information content (AvgIpc) is 1.84. The Hall–Kier alpha value is -0.480. The van der Waals surface area contributed by atoms with Crippen molar-refractivity contribution in [3.8, 4) is 0 Å². The van der Waals surface area contributed by atoms with Gasteiger partial charge in [-0.05, 0) is 6.92 Å². The highest BCUT2D eigenvalue weighted by Crippen LogP contribution is 2.01. The average molecular weight is 148 g/mol. The fourth-order valence-corrected chi connectivity index (χ4v) is 0.346. The molecule has 0 radical (unpaired) electrons. The lowest BCUT2D eigenvalue weighted by molar-refractivity contribution is -0.129. The molecule has 0 fully saturated rings. The van der Waals surface area contributed by atoms with Gasteiger partial charge in [-0.3, -0.25) is 0 Å². The van der Waals surface area contributed by atoms with Gasteiger partial charge in [0.25, 0.3) is 0 Å². The van der Waals surface area contributed by atoms with Crippen LogP contribution in [-0.2, 0) is 8.98 Å². The van der Waals surface area contributed by atoms with Crippen molar-refractivity contribution in [2.75, 3.05) is 0 Å². The van der Waals surface area contributed by atoms with Crippen LogP contribution in [0.1, 0.15) is 6.92 Å². The third kappa shape index (κ3) is 2.53. The van der Waals surface area contributed by atoms with Crippen molar-refractivity contribution in [2.24, 2.45) is 0 Å². The molecule has 0 aliphatic rings. The van der Waals surface area contributed by atoms with E-state index in [1.165, 1.54) is 6.92 Å². The number of rotatable bonds is 2. The van der Waals surface area contributed by atoms with Gasteiger partial charge in [-0.15, -0.1) is 0 Å². The lowest BCUT2D eigenvalue weighted by Gasteiger charge is -2.02. The summed E-state index contributed by atoms with van der Waals surface area (Å²) >= 11 is 3.23. The lowest BCUT2D eigenvalue weighted by Crippen LogP contribution is -2.13. The smallest absolute Gasteiger partial charge is 0.347 e. The summed E-state index contributed by atoms with van der Waals surface area (Å²) in [6.07, 6.45) is -0.871. The zero-order valence-electron chi connectivity index (χ0n) is 5.00. The third-order valence-corrected chi connectivity index (χ3v) is 1.02. The SMILES string of the molecule is C=C(C(=O)OS)C(C)O. The van der Waals surface area contributed by atoms with Gasteiger partial charge in [0, 0.05) is 12.9 Å². The van der Waals surface area contributed by atoms with Gasteiger partial charge in [0.1, 0.15) is 0 Å². The van der Waals surface area contributed by atoms with E-state index >= 15 is 0 Å². The van der Waals surface area contributed by atoms with Gasteiger partial charge >= 0.3 is 5.97 Å². The Morgan fingerprint density at radius 1 is 1.89 bits per heavy atom. The molecule has 0 saturated carbocycles. The van der Waals surface area contributed by atoms with Crippen LogP contribution < -0.4 is 0 Å². The fourth-order valence-electron chi connectivity index (χ4n) is 0.229. The molecule has 0 saturated heterocycles. The van der Waals surface area contributed by atoms with Gasteiger partial charge < -0.3 is 9.29 Å². The molecule has 1 unspecified atom stereocenters. The molecule has 9 heavy (non-hydrogen) atoms. The summed E-state index contributed by atoms with van der Waals surface area (Å²) in [7, 11) is 0. The number of hydrogen-bond donors (Lipinski definition) is 2. The molecule has 0 heterocycles. The van der Waals surface area contributed by atoms with E-state index in [2.05, 4.69) is 23.7 Å². The van der Waals surface area contributed by atoms with Crippen LogP contribution in [0, 0.1) is 0 Å². The normalized spacial score (nSPS) is 12.3. The summed E-state index contributed by atoms with van der Waals surface area (Å²) in [5, 5.41) is 8.69. The lowest BCUT2D eigenvalue weighted by atomic mass is 10.2. The molecule has 0 aliphatic carbocycles. The first kappa shape index (κ1) is 8.52. The highest BCUT2D eigenvalue weighted by molar-refractivity contribution is 7.75. The molecule has 0 aliphatic heterocycles. The highest BCUT2D eigenvalue weighted by Gasteiger charge is 2.11. The molecule has 0 aromatic heterocycles. The van der Waals surface area contributed by atoms with Gasteiger partial charge in [-0.2, -0.15) is 0 Å². The van der Waals surface area contributed by atoms with E-state index in [4.69, 9.17) is 5.11 Å². The highest BCUT2D eigenvalue weighted by atomic mass is 32.1. The van der Waals surface area contributed by atoms with E-state index < -0.39 is 12.1 Å². The predicted octanol–water partition coefficient (Wildman–Crippen LogP) is 0.311. The van der Waals surface area contributed by atoms with E-state index in [-0.39, 0.29) is 5.57 Å². The monoisotopic (exact) mass is 148 g/mol. The zero-order valence-corrected chi connectivity index (χ0v) is 5.89. The van der Waals surface area contributed by atoms with E-state index in [1.807, 2.05) is 0 Å². The number of aliphatic hydroxyl groups excluding tert-OH is 1. The molecule has 0 amide bonds. The second kappa shape index (κ2) is 3.53. The van der Waals surface area contributed by atoms with Crippen molar-refractivity contribution < 1.29 is 14.1 Å². The molecular formula is C5H8O3S. The summed E-state index contributed by atoms with van der Waals surface area (Å²) in [4.78, 5) is 10.4. The van der Waals surface area contributed by atoms with Crippen molar-refractivity contribution >= 4 is 18.9 Å². The van der Waals surface area contributed by atoms with Gasteiger partial charge in [-0.25, -0.2) is 4.79 Å². The first-order valence-electron chi connectivity index (χ1n) is 2.32. The standard InChI is InChI=1S/C5H8O3S/c1-3(4(2)6)5(7)8-9/h4,6,9H,1H2,2H3. The Morgan fingerprint density at radius 3 is 2.44 bits per heavy atom. The van der Waals surface area contributed by atoms with E-state index in [0.717, 1.165) is 0 Å². The number of hydrogen-bond acceptors (Lipinski definition) is 4. The molecular weight excluding hydrogens is 140 g/mol. The molecule has 3 nitrogen and oxygen atoms in total. The van der Waals surface area contributed by atoms with Crippen LogP contribution in [0.2, 0.25) is 0 Å². The number of carbonyl (C=O) groups excluding carboxylic acids is 1. The largest absolute Gasteiger partial charge is 0.391 e. The number of thiol groups is 1. The van der Waals surface area contributed by atoms with Crippen LogP contribution in [0.25, 0.3) is 0 Å². The summed E-state index contributed by atoms with van der Waals surface area (Å²) in [5.41, 5.74) is 0.00463. The zero-order chi connectivity index (χ0) is 7.44. The van der Waals surface area contributed by atoms with Gasteiger partial charge in [0.2, 0.25) is 0 Å². The second-order valence-electron chi connectivity index (χ2n) is 1.58. The minimum absolute atomic E-state index is 0.00463. The van der Waals surface area contributed by atoms with E-state index in [9.17, 15) is 4.79 Å². The van der Waals surface area contributed by atoms with Crippen molar-refractivity contribution in [1.82, 2.24) is 0 Å². The first-order chi connectivity index (χ1) is 4.09. The van der Waals surface area contributed by atoms with Crippen LogP contribution in [0.4, 0.5) is 0 Å². The van der Waals surface area contributed by atoms with Crippen LogP contribution in [-0.4, -0.2) is 17.2 Å². The summed E-state index contributed by atoms with van der Waals surface area (Å²) in [6.45, 7) is 4.68. The first-order valence-corrected chi connectivity index (χ1v) is 2.68. The Bertz CT molecular complexity index is 130. The maximum Gasteiger partial charge on any atom is 0.347 e. The molecule has 0 aromatic carbocycles. The Balaban J connectivity index is 3.89. The van der Waals surface area contributed by atoms with Crippen molar-refractivity contribution in [3.63, 3.8) is 0 Å². The number of aliphatic hydroxyl groups is 1. The summed E-state index contributed by atoms with van der Waals surface area (Å²) in [5.74, 6) is -0.701. The summed E-state index contributed by atoms with van der Waals surface area (Å²) < 4.78 is 3.97. The Morgan fingerprint density at radius 2 is 2.33 bits per heavy atom.